The van der Waals surface area contributed by atoms with Gasteiger partial charge in [-0.1, -0.05) is 20.3 Å². The second-order valence-corrected chi connectivity index (χ2v) is 5.17. The van der Waals surface area contributed by atoms with Crippen molar-refractivity contribution in [3.05, 3.63) is 0 Å². The van der Waals surface area contributed by atoms with E-state index in [2.05, 4.69) is 19.2 Å². The SMILES string of the molecule is CCC1(C)CCN(C(=O)N[C@@H](CO)C(=O)O)CC1. The average Bonchev–Trinajstić information content (AvgIpc) is 2.36. The van der Waals surface area contributed by atoms with Gasteiger partial charge in [-0.05, 0) is 18.3 Å². The lowest BCUT2D eigenvalue weighted by Gasteiger charge is -2.39. The van der Waals surface area contributed by atoms with Crippen molar-refractivity contribution in [3.63, 3.8) is 0 Å². The van der Waals surface area contributed by atoms with Gasteiger partial charge in [-0.15, -0.1) is 0 Å². The van der Waals surface area contributed by atoms with Crippen LogP contribution in [0.25, 0.3) is 0 Å². The van der Waals surface area contributed by atoms with Crippen LogP contribution in [0, 0.1) is 5.41 Å². The van der Waals surface area contributed by atoms with Crippen LogP contribution in [0.1, 0.15) is 33.1 Å². The Labute approximate surface area is 107 Å². The maximum absolute atomic E-state index is 11.8. The fraction of sp³-hybridized carbons (Fsp3) is 0.833. The summed E-state index contributed by atoms with van der Waals surface area (Å²) in [7, 11) is 0. The first-order chi connectivity index (χ1) is 8.41. The number of aliphatic carboxylic acids is 1. The Balaban J connectivity index is 2.47. The first-order valence-corrected chi connectivity index (χ1v) is 6.31. The van der Waals surface area contributed by atoms with Gasteiger partial charge in [0.05, 0.1) is 6.61 Å². The van der Waals surface area contributed by atoms with Crippen molar-refractivity contribution >= 4 is 12.0 Å². The minimum Gasteiger partial charge on any atom is -0.480 e. The summed E-state index contributed by atoms with van der Waals surface area (Å²) in [6.07, 6.45) is 2.93. The van der Waals surface area contributed by atoms with Crippen molar-refractivity contribution in [2.75, 3.05) is 19.7 Å². The second-order valence-electron chi connectivity index (χ2n) is 5.17. The molecule has 0 saturated carbocycles. The number of nitrogens with one attached hydrogen (secondary N) is 1. The van der Waals surface area contributed by atoms with Crippen LogP contribution in [0.5, 0.6) is 0 Å². The third-order valence-corrected chi connectivity index (χ3v) is 3.89. The Hall–Kier alpha value is -1.30. The van der Waals surface area contributed by atoms with Gasteiger partial charge in [0.15, 0.2) is 6.04 Å². The maximum atomic E-state index is 11.8. The number of carboxylic acid groups (broad SMARTS) is 1. The minimum atomic E-state index is -1.23. The normalized spacial score (nSPS) is 20.3. The van der Waals surface area contributed by atoms with E-state index in [1.165, 1.54) is 0 Å². The highest BCUT2D eigenvalue weighted by atomic mass is 16.4. The molecule has 1 fully saturated rings. The van der Waals surface area contributed by atoms with Crippen molar-refractivity contribution in [2.45, 2.75) is 39.2 Å². The number of carbonyl (C=O) groups excluding carboxylic acids is 1. The minimum absolute atomic E-state index is 0.278. The number of piperidine rings is 1. The molecular formula is C12H22N2O4. The molecule has 0 bridgehead atoms. The van der Waals surface area contributed by atoms with E-state index in [1.807, 2.05) is 0 Å². The lowest BCUT2D eigenvalue weighted by Crippen LogP contribution is -2.52. The zero-order valence-corrected chi connectivity index (χ0v) is 11.0. The van der Waals surface area contributed by atoms with Gasteiger partial charge in [0.2, 0.25) is 0 Å². The summed E-state index contributed by atoms with van der Waals surface area (Å²) in [5.41, 5.74) is 0.278. The molecule has 18 heavy (non-hydrogen) atoms. The predicted molar refractivity (Wildman–Crippen MR) is 66.2 cm³/mol. The number of aliphatic hydroxyl groups is 1. The summed E-state index contributed by atoms with van der Waals surface area (Å²) >= 11 is 0. The van der Waals surface area contributed by atoms with Gasteiger partial charge in [0.1, 0.15) is 0 Å². The first kappa shape index (κ1) is 14.8. The summed E-state index contributed by atoms with van der Waals surface area (Å²) in [4.78, 5) is 24.1. The fourth-order valence-electron chi connectivity index (χ4n) is 2.03. The summed E-state index contributed by atoms with van der Waals surface area (Å²) < 4.78 is 0. The van der Waals surface area contributed by atoms with Crippen molar-refractivity contribution in [1.29, 1.82) is 0 Å². The smallest absolute Gasteiger partial charge is 0.328 e. The summed E-state index contributed by atoms with van der Waals surface area (Å²) in [5.74, 6) is -1.22. The van der Waals surface area contributed by atoms with E-state index < -0.39 is 24.6 Å². The molecule has 0 aromatic rings. The summed E-state index contributed by atoms with van der Waals surface area (Å²) in [6.45, 7) is 5.02. The predicted octanol–water partition coefficient (Wildman–Crippen LogP) is 0.654. The molecule has 0 aliphatic carbocycles. The zero-order chi connectivity index (χ0) is 13.8. The number of aliphatic hydroxyl groups excluding tert-OH is 1. The van der Waals surface area contributed by atoms with E-state index >= 15 is 0 Å². The Morgan fingerprint density at radius 1 is 1.39 bits per heavy atom. The van der Waals surface area contributed by atoms with Crippen LogP contribution in [-0.2, 0) is 4.79 Å². The van der Waals surface area contributed by atoms with Gasteiger partial charge in [-0.25, -0.2) is 9.59 Å². The van der Waals surface area contributed by atoms with Crippen molar-refractivity contribution in [2.24, 2.45) is 5.41 Å². The Kier molecular flexibility index (Phi) is 4.95. The third kappa shape index (κ3) is 3.60. The van der Waals surface area contributed by atoms with Crippen LogP contribution in [0.15, 0.2) is 0 Å². The van der Waals surface area contributed by atoms with E-state index in [-0.39, 0.29) is 5.41 Å². The molecular weight excluding hydrogens is 236 g/mol. The largest absolute Gasteiger partial charge is 0.480 e. The van der Waals surface area contributed by atoms with Gasteiger partial charge in [-0.2, -0.15) is 0 Å². The number of rotatable bonds is 4. The quantitative estimate of drug-likeness (QED) is 0.690. The number of hydrogen-bond donors (Lipinski definition) is 3. The van der Waals surface area contributed by atoms with Crippen LogP contribution < -0.4 is 5.32 Å². The molecule has 1 saturated heterocycles. The van der Waals surface area contributed by atoms with E-state index in [1.54, 1.807) is 4.90 Å². The molecule has 1 aliphatic heterocycles. The van der Waals surface area contributed by atoms with Crippen molar-refractivity contribution in [1.82, 2.24) is 10.2 Å². The number of amides is 2. The first-order valence-electron chi connectivity index (χ1n) is 6.31. The molecule has 6 heteroatoms. The molecule has 3 N–H and O–H groups in total. The van der Waals surface area contributed by atoms with E-state index in [0.29, 0.717) is 13.1 Å². The fourth-order valence-corrected chi connectivity index (χ4v) is 2.03. The Bertz CT molecular complexity index is 311. The highest BCUT2D eigenvalue weighted by Crippen LogP contribution is 2.33. The molecule has 0 radical (unpaired) electrons. The highest BCUT2D eigenvalue weighted by molar-refractivity contribution is 5.82. The van der Waals surface area contributed by atoms with E-state index in [0.717, 1.165) is 19.3 Å². The zero-order valence-electron chi connectivity index (χ0n) is 11.0. The molecule has 1 atom stereocenters. The second kappa shape index (κ2) is 6.04. The summed E-state index contributed by atoms with van der Waals surface area (Å²) in [5, 5.41) is 19.9. The maximum Gasteiger partial charge on any atom is 0.328 e. The number of carbonyl (C=O) groups is 2. The molecule has 6 nitrogen and oxygen atoms in total. The Morgan fingerprint density at radius 3 is 2.33 bits per heavy atom. The van der Waals surface area contributed by atoms with Crippen molar-refractivity contribution < 1.29 is 19.8 Å². The number of hydrogen-bond acceptors (Lipinski definition) is 3. The number of carboxylic acids is 1. The van der Waals surface area contributed by atoms with Gasteiger partial charge in [0.25, 0.3) is 0 Å². The molecule has 1 aliphatic rings. The monoisotopic (exact) mass is 258 g/mol. The van der Waals surface area contributed by atoms with Crippen LogP contribution in [-0.4, -0.2) is 52.9 Å². The van der Waals surface area contributed by atoms with Gasteiger partial charge < -0.3 is 20.4 Å². The van der Waals surface area contributed by atoms with E-state index in [9.17, 15) is 9.59 Å². The average molecular weight is 258 g/mol. The standard InChI is InChI=1S/C12H22N2O4/c1-3-12(2)4-6-14(7-5-12)11(18)13-9(8-15)10(16)17/h9,15H,3-8H2,1-2H3,(H,13,18)(H,16,17)/t9-/m0/s1. The lowest BCUT2D eigenvalue weighted by atomic mass is 9.78. The molecule has 1 heterocycles. The highest BCUT2D eigenvalue weighted by Gasteiger charge is 2.31. The lowest BCUT2D eigenvalue weighted by molar-refractivity contribution is -0.140. The molecule has 0 aromatic carbocycles. The van der Waals surface area contributed by atoms with Gasteiger partial charge in [0, 0.05) is 13.1 Å². The number of likely N-dealkylation sites (tertiary alicyclic amines) is 1. The summed E-state index contributed by atoms with van der Waals surface area (Å²) in [6, 6.07) is -1.63. The van der Waals surface area contributed by atoms with Crippen LogP contribution >= 0.6 is 0 Å². The van der Waals surface area contributed by atoms with Crippen molar-refractivity contribution in [3.8, 4) is 0 Å². The molecule has 0 spiro atoms. The third-order valence-electron chi connectivity index (χ3n) is 3.89. The van der Waals surface area contributed by atoms with E-state index in [4.69, 9.17) is 10.2 Å². The molecule has 104 valence electrons. The molecule has 0 unspecified atom stereocenters. The molecule has 1 rings (SSSR count). The number of nitrogens with zero attached hydrogens (tertiary/aromatic N) is 1. The topological polar surface area (TPSA) is 89.9 Å². The van der Waals surface area contributed by atoms with Crippen LogP contribution in [0.3, 0.4) is 0 Å². The molecule has 0 aromatic heterocycles. The van der Waals surface area contributed by atoms with Crippen LogP contribution in [0.4, 0.5) is 4.79 Å². The Morgan fingerprint density at radius 2 is 1.94 bits per heavy atom. The van der Waals surface area contributed by atoms with Gasteiger partial charge in [-0.3, -0.25) is 0 Å². The number of urea groups is 1. The van der Waals surface area contributed by atoms with Crippen LogP contribution in [0.2, 0.25) is 0 Å². The van der Waals surface area contributed by atoms with Gasteiger partial charge >= 0.3 is 12.0 Å². The molecule has 2 amide bonds.